The van der Waals surface area contributed by atoms with E-state index >= 15 is 0 Å². The van der Waals surface area contributed by atoms with Gasteiger partial charge in [0, 0.05) is 30.4 Å². The lowest BCUT2D eigenvalue weighted by molar-refractivity contribution is -0.102. The molecular weight excluding hydrogens is 477 g/mol. The van der Waals surface area contributed by atoms with Crippen molar-refractivity contribution < 1.29 is 14.7 Å². The summed E-state index contributed by atoms with van der Waals surface area (Å²) in [6.07, 6.45) is 1.62. The number of hydrogen-bond acceptors (Lipinski definition) is 8. The smallest absolute Gasteiger partial charge is 0.155 e. The van der Waals surface area contributed by atoms with Crippen LogP contribution in [0.4, 0.5) is 5.69 Å². The summed E-state index contributed by atoms with van der Waals surface area (Å²) in [4.78, 5) is 0. The van der Waals surface area contributed by atoms with Crippen LogP contribution in [0.1, 0.15) is 11.1 Å². The molecule has 0 saturated heterocycles. The Kier molecular flexibility index (Phi) is 8.46. The van der Waals surface area contributed by atoms with E-state index < -0.39 is 0 Å². The molecule has 0 aliphatic carbocycles. The summed E-state index contributed by atoms with van der Waals surface area (Å²) in [6, 6.07) is 18.2. The second-order valence-corrected chi connectivity index (χ2v) is 7.92. The summed E-state index contributed by atoms with van der Waals surface area (Å²) in [5.74, 6) is 1.78. The third-order valence-electron chi connectivity index (χ3n) is 4.57. The average Bonchev–Trinajstić information content (AvgIpc) is 2.79. The van der Waals surface area contributed by atoms with Gasteiger partial charge in [-0.25, -0.2) is 0 Å². The predicted octanol–water partition coefficient (Wildman–Crippen LogP) is 4.95. The Hall–Kier alpha value is -3.61. The fourth-order valence-electron chi connectivity index (χ4n) is 3.12. The van der Waals surface area contributed by atoms with Crippen molar-refractivity contribution >= 4 is 35.0 Å². The van der Waals surface area contributed by atoms with Gasteiger partial charge in [0.05, 0.1) is 16.5 Å². The van der Waals surface area contributed by atoms with E-state index in [2.05, 4.69) is 11.5 Å². The summed E-state index contributed by atoms with van der Waals surface area (Å²) >= 11 is 11.9. The molecule has 0 aliphatic heterocycles. The van der Waals surface area contributed by atoms with Crippen molar-refractivity contribution in [2.75, 3.05) is 25.3 Å². The van der Waals surface area contributed by atoms with Crippen molar-refractivity contribution in [2.24, 2.45) is 5.73 Å². The molecule has 3 rings (SSSR count). The molecule has 0 atom stereocenters. The van der Waals surface area contributed by atoms with E-state index in [1.165, 1.54) is 7.05 Å². The SMILES string of the molecule is CN(O)N/C(N)=C/c1ccc(-c2ccc(Oc3cc(Cl)c(OCCCl)c(C#N)c3)cc2)cc1N. The normalized spacial score (nSPS) is 11.2. The van der Waals surface area contributed by atoms with Gasteiger partial charge in [-0.05, 0) is 35.4 Å². The number of halogens is 2. The van der Waals surface area contributed by atoms with E-state index in [1.807, 2.05) is 30.3 Å². The Morgan fingerprint density at radius 2 is 1.85 bits per heavy atom. The molecule has 0 amide bonds. The lowest BCUT2D eigenvalue weighted by Gasteiger charge is -2.13. The van der Waals surface area contributed by atoms with Crippen molar-refractivity contribution in [3.05, 3.63) is 76.6 Å². The fraction of sp³-hybridized carbons (Fsp3) is 0.125. The quantitative estimate of drug-likeness (QED) is 0.184. The van der Waals surface area contributed by atoms with Crippen LogP contribution in [0.5, 0.6) is 17.2 Å². The number of nitrogen functional groups attached to an aromatic ring is 1. The molecule has 0 aromatic heterocycles. The van der Waals surface area contributed by atoms with Gasteiger partial charge >= 0.3 is 0 Å². The number of nitrogens with zero attached hydrogens (tertiary/aromatic N) is 2. The van der Waals surface area contributed by atoms with E-state index in [-0.39, 0.29) is 34.6 Å². The first-order chi connectivity index (χ1) is 16.3. The molecule has 34 heavy (non-hydrogen) atoms. The van der Waals surface area contributed by atoms with Crippen molar-refractivity contribution in [2.45, 2.75) is 0 Å². The lowest BCUT2D eigenvalue weighted by Crippen LogP contribution is -2.33. The lowest BCUT2D eigenvalue weighted by atomic mass is 10.0. The molecule has 3 aromatic carbocycles. The van der Waals surface area contributed by atoms with Crippen LogP contribution < -0.4 is 26.4 Å². The van der Waals surface area contributed by atoms with E-state index in [1.54, 1.807) is 30.3 Å². The first-order valence-corrected chi connectivity index (χ1v) is 11.0. The number of hydrazine groups is 1. The van der Waals surface area contributed by atoms with Gasteiger partial charge in [-0.15, -0.1) is 16.8 Å². The van der Waals surface area contributed by atoms with Gasteiger partial charge in [0.1, 0.15) is 30.0 Å². The minimum absolute atomic E-state index is 0.240. The van der Waals surface area contributed by atoms with Crippen LogP contribution in [0, 0.1) is 11.3 Å². The Balaban J connectivity index is 1.76. The van der Waals surface area contributed by atoms with E-state index in [0.29, 0.717) is 22.7 Å². The Labute approximate surface area is 207 Å². The standard InChI is InChI=1S/C24H23Cl2N5O3/c1-31(32)30-23(29)12-17-3-2-16(11-22(17)28)15-4-6-19(7-5-15)34-20-10-18(14-27)24(21(26)13-20)33-9-8-25/h2-7,10-13,30,32H,8-9,28-29H2,1H3/b23-12+. The number of nitrogens with one attached hydrogen (secondary N) is 1. The van der Waals surface area contributed by atoms with Crippen LogP contribution in [0.15, 0.2) is 60.4 Å². The number of rotatable bonds is 9. The predicted molar refractivity (Wildman–Crippen MR) is 134 cm³/mol. The Bertz CT molecular complexity index is 1220. The van der Waals surface area contributed by atoms with Crippen LogP contribution in [0.3, 0.4) is 0 Å². The van der Waals surface area contributed by atoms with Crippen molar-refractivity contribution in [1.82, 2.24) is 10.6 Å². The molecule has 10 heteroatoms. The molecule has 6 N–H and O–H groups in total. The van der Waals surface area contributed by atoms with Gasteiger partial charge in [0.15, 0.2) is 5.75 Å². The van der Waals surface area contributed by atoms with Gasteiger partial charge < -0.3 is 20.9 Å². The van der Waals surface area contributed by atoms with Gasteiger partial charge in [-0.3, -0.25) is 10.6 Å². The minimum Gasteiger partial charge on any atom is -0.489 e. The third-order valence-corrected chi connectivity index (χ3v) is 5.01. The number of hydroxylamine groups is 1. The maximum absolute atomic E-state index is 9.41. The number of alkyl halides is 1. The number of nitriles is 1. The molecular formula is C24H23Cl2N5O3. The van der Waals surface area contributed by atoms with Gasteiger partial charge in [-0.2, -0.15) is 5.26 Å². The van der Waals surface area contributed by atoms with Gasteiger partial charge in [0.2, 0.25) is 0 Å². The summed E-state index contributed by atoms with van der Waals surface area (Å²) in [5.41, 5.74) is 17.8. The highest BCUT2D eigenvalue weighted by atomic mass is 35.5. The molecule has 0 fully saturated rings. The van der Waals surface area contributed by atoms with Crippen molar-refractivity contribution in [1.29, 1.82) is 5.26 Å². The average molecular weight is 500 g/mol. The highest BCUT2D eigenvalue weighted by molar-refractivity contribution is 6.32. The first kappa shape index (κ1) is 25.0. The zero-order valence-electron chi connectivity index (χ0n) is 18.3. The zero-order valence-corrected chi connectivity index (χ0v) is 19.8. The van der Waals surface area contributed by atoms with Crippen molar-refractivity contribution in [3.8, 4) is 34.4 Å². The molecule has 0 radical (unpaired) electrons. The first-order valence-electron chi connectivity index (χ1n) is 10.1. The molecule has 0 heterocycles. The Morgan fingerprint density at radius 1 is 1.15 bits per heavy atom. The van der Waals surface area contributed by atoms with Gasteiger partial charge in [0.25, 0.3) is 0 Å². The molecule has 0 spiro atoms. The Morgan fingerprint density at radius 3 is 2.47 bits per heavy atom. The van der Waals surface area contributed by atoms with E-state index in [0.717, 1.165) is 16.3 Å². The van der Waals surface area contributed by atoms with E-state index in [9.17, 15) is 10.5 Å². The second kappa shape index (κ2) is 11.5. The fourth-order valence-corrected chi connectivity index (χ4v) is 3.46. The summed E-state index contributed by atoms with van der Waals surface area (Å²) in [5, 5.41) is 19.6. The van der Waals surface area contributed by atoms with E-state index in [4.69, 9.17) is 44.1 Å². The number of ether oxygens (including phenoxy) is 2. The third kappa shape index (κ3) is 6.47. The maximum atomic E-state index is 9.41. The summed E-state index contributed by atoms with van der Waals surface area (Å²) in [7, 11) is 1.41. The highest BCUT2D eigenvalue weighted by Crippen LogP contribution is 2.35. The number of hydrogen-bond donors (Lipinski definition) is 4. The number of anilines is 1. The number of benzene rings is 3. The van der Waals surface area contributed by atoms with Crippen LogP contribution in [0.25, 0.3) is 17.2 Å². The summed E-state index contributed by atoms with van der Waals surface area (Å²) < 4.78 is 11.3. The van der Waals surface area contributed by atoms with Gasteiger partial charge in [-0.1, -0.05) is 35.9 Å². The van der Waals surface area contributed by atoms with Crippen LogP contribution >= 0.6 is 23.2 Å². The van der Waals surface area contributed by atoms with Crippen LogP contribution in [0.2, 0.25) is 5.02 Å². The topological polar surface area (TPSA) is 130 Å². The molecule has 0 aliphatic rings. The molecule has 8 nitrogen and oxygen atoms in total. The molecule has 3 aromatic rings. The molecule has 0 bridgehead atoms. The summed E-state index contributed by atoms with van der Waals surface area (Å²) in [6.45, 7) is 0.240. The minimum atomic E-state index is 0.240. The molecule has 0 saturated carbocycles. The van der Waals surface area contributed by atoms with Crippen LogP contribution in [-0.2, 0) is 0 Å². The molecule has 176 valence electrons. The van der Waals surface area contributed by atoms with Crippen molar-refractivity contribution in [3.63, 3.8) is 0 Å². The zero-order chi connectivity index (χ0) is 24.7. The largest absolute Gasteiger partial charge is 0.489 e. The van der Waals surface area contributed by atoms with Crippen LogP contribution in [-0.4, -0.2) is 29.9 Å². The number of nitrogens with two attached hydrogens (primary N) is 2. The second-order valence-electron chi connectivity index (χ2n) is 7.14. The monoisotopic (exact) mass is 499 g/mol. The highest BCUT2D eigenvalue weighted by Gasteiger charge is 2.13. The molecule has 0 unspecified atom stereocenters. The maximum Gasteiger partial charge on any atom is 0.155 e.